The first-order valence-corrected chi connectivity index (χ1v) is 5.28. The van der Waals surface area contributed by atoms with Crippen molar-refractivity contribution in [1.29, 1.82) is 0 Å². The van der Waals surface area contributed by atoms with Crippen molar-refractivity contribution in [2.45, 2.75) is 18.7 Å². The number of hydrogen-bond donors (Lipinski definition) is 1. The van der Waals surface area contributed by atoms with Crippen LogP contribution in [-0.2, 0) is 5.33 Å². The topological polar surface area (TPSA) is 43.1 Å². The molecule has 0 bridgehead atoms. The van der Waals surface area contributed by atoms with Crippen molar-refractivity contribution in [3.05, 3.63) is 29.3 Å². The average molecular weight is 242 g/mol. The van der Waals surface area contributed by atoms with E-state index in [9.17, 15) is 4.79 Å². The Kier molecular flexibility index (Phi) is 3.48. The van der Waals surface area contributed by atoms with Gasteiger partial charge in [0.05, 0.1) is 0 Å². The molecule has 0 unspecified atom stereocenters. The molecule has 0 spiro atoms. The van der Waals surface area contributed by atoms with Crippen molar-refractivity contribution < 1.29 is 4.79 Å². The summed E-state index contributed by atoms with van der Waals surface area (Å²) in [5, 5.41) is 0.684. The van der Waals surface area contributed by atoms with E-state index in [0.29, 0.717) is 11.8 Å². The Hall–Kier alpha value is -0.830. The third-order valence-corrected chi connectivity index (χ3v) is 2.53. The second-order valence-corrected chi connectivity index (χ2v) is 3.38. The molecule has 0 aliphatic rings. The van der Waals surface area contributed by atoms with Crippen molar-refractivity contribution in [2.75, 3.05) is 5.73 Å². The average Bonchev–Trinajstić information content (AvgIpc) is 2.17. The molecule has 0 heterocycles. The molecule has 0 fully saturated rings. The first kappa shape index (κ1) is 10.3. The largest absolute Gasteiger partial charge is 0.398 e. The summed E-state index contributed by atoms with van der Waals surface area (Å²) in [5.41, 5.74) is 8.14. The molecule has 0 saturated heterocycles. The third kappa shape index (κ3) is 2.31. The Labute approximate surface area is 86.3 Å². The number of carbonyl (C=O) groups is 1. The van der Waals surface area contributed by atoms with Gasteiger partial charge in [-0.05, 0) is 23.8 Å². The van der Waals surface area contributed by atoms with Crippen LogP contribution in [0.15, 0.2) is 18.2 Å². The lowest BCUT2D eigenvalue weighted by Gasteiger charge is -2.04. The summed E-state index contributed by atoms with van der Waals surface area (Å²) >= 11 is 3.32. The standard InChI is InChI=1S/C10H12BrNO/c1-2-10(13)7-3-4-9(12)8(5-7)6-11/h3-5H,2,6,12H2,1H3. The van der Waals surface area contributed by atoms with Gasteiger partial charge in [0.15, 0.2) is 5.78 Å². The van der Waals surface area contributed by atoms with E-state index in [4.69, 9.17) is 5.73 Å². The summed E-state index contributed by atoms with van der Waals surface area (Å²) in [7, 11) is 0. The fraction of sp³-hybridized carbons (Fsp3) is 0.300. The molecule has 0 aliphatic carbocycles. The van der Waals surface area contributed by atoms with Crippen molar-refractivity contribution in [2.24, 2.45) is 0 Å². The van der Waals surface area contributed by atoms with E-state index in [1.807, 2.05) is 13.0 Å². The van der Waals surface area contributed by atoms with Crippen LogP contribution in [0.1, 0.15) is 29.3 Å². The third-order valence-electron chi connectivity index (χ3n) is 1.93. The van der Waals surface area contributed by atoms with Crippen LogP contribution in [0.4, 0.5) is 5.69 Å². The first-order chi connectivity index (χ1) is 6.19. The van der Waals surface area contributed by atoms with E-state index in [1.165, 1.54) is 0 Å². The van der Waals surface area contributed by atoms with Crippen LogP contribution < -0.4 is 5.73 Å². The van der Waals surface area contributed by atoms with Crippen molar-refractivity contribution in [3.8, 4) is 0 Å². The summed E-state index contributed by atoms with van der Waals surface area (Å²) in [4.78, 5) is 11.3. The molecular formula is C10H12BrNO. The van der Waals surface area contributed by atoms with Gasteiger partial charge in [0.1, 0.15) is 0 Å². The molecule has 1 rings (SSSR count). The molecule has 13 heavy (non-hydrogen) atoms. The molecule has 1 aromatic carbocycles. The highest BCUT2D eigenvalue weighted by Crippen LogP contribution is 2.17. The molecule has 0 aliphatic heterocycles. The van der Waals surface area contributed by atoms with Crippen LogP contribution in [0.25, 0.3) is 0 Å². The minimum Gasteiger partial charge on any atom is -0.398 e. The molecule has 0 amide bonds. The van der Waals surface area contributed by atoms with E-state index in [-0.39, 0.29) is 5.78 Å². The Morgan fingerprint density at radius 2 is 2.23 bits per heavy atom. The second kappa shape index (κ2) is 4.42. The van der Waals surface area contributed by atoms with Gasteiger partial charge in [-0.25, -0.2) is 0 Å². The fourth-order valence-electron chi connectivity index (χ4n) is 1.10. The minimum atomic E-state index is 0.155. The Bertz CT molecular complexity index is 323. The number of nitrogens with two attached hydrogens (primary N) is 1. The lowest BCUT2D eigenvalue weighted by Crippen LogP contribution is -1.99. The van der Waals surface area contributed by atoms with Gasteiger partial charge in [-0.1, -0.05) is 22.9 Å². The SMILES string of the molecule is CCC(=O)c1ccc(N)c(CBr)c1. The highest BCUT2D eigenvalue weighted by molar-refractivity contribution is 9.08. The number of anilines is 1. The summed E-state index contributed by atoms with van der Waals surface area (Å²) < 4.78 is 0. The zero-order valence-corrected chi connectivity index (χ0v) is 9.10. The van der Waals surface area contributed by atoms with Crippen molar-refractivity contribution >= 4 is 27.4 Å². The lowest BCUT2D eigenvalue weighted by molar-refractivity contribution is 0.0988. The molecule has 0 radical (unpaired) electrons. The summed E-state index contributed by atoms with van der Waals surface area (Å²) in [5.74, 6) is 0.155. The van der Waals surface area contributed by atoms with Gasteiger partial charge < -0.3 is 5.73 Å². The van der Waals surface area contributed by atoms with Crippen LogP contribution >= 0.6 is 15.9 Å². The Morgan fingerprint density at radius 3 is 2.77 bits per heavy atom. The highest BCUT2D eigenvalue weighted by Gasteiger charge is 2.05. The van der Waals surface area contributed by atoms with Gasteiger partial charge >= 0.3 is 0 Å². The number of halogens is 1. The number of ketones is 1. The van der Waals surface area contributed by atoms with Crippen molar-refractivity contribution in [3.63, 3.8) is 0 Å². The monoisotopic (exact) mass is 241 g/mol. The van der Waals surface area contributed by atoms with Crippen molar-refractivity contribution in [1.82, 2.24) is 0 Å². The molecule has 3 heteroatoms. The number of nitrogen functional groups attached to an aromatic ring is 1. The number of hydrogen-bond acceptors (Lipinski definition) is 2. The summed E-state index contributed by atoms with van der Waals surface area (Å²) in [6, 6.07) is 5.39. The molecule has 1 aromatic rings. The van der Waals surface area contributed by atoms with E-state index in [0.717, 1.165) is 16.8 Å². The molecule has 0 saturated carbocycles. The van der Waals surface area contributed by atoms with Crippen LogP contribution in [-0.4, -0.2) is 5.78 Å². The Morgan fingerprint density at radius 1 is 1.54 bits per heavy atom. The smallest absolute Gasteiger partial charge is 0.162 e. The summed E-state index contributed by atoms with van der Waals surface area (Å²) in [6.45, 7) is 1.85. The molecule has 0 atom stereocenters. The maximum Gasteiger partial charge on any atom is 0.162 e. The van der Waals surface area contributed by atoms with E-state index < -0.39 is 0 Å². The number of Topliss-reactive ketones (excluding diaryl/α,β-unsaturated/α-hetero) is 1. The predicted molar refractivity (Wildman–Crippen MR) is 58.1 cm³/mol. The number of rotatable bonds is 3. The molecule has 2 N–H and O–H groups in total. The van der Waals surface area contributed by atoms with Gasteiger partial charge in [0.25, 0.3) is 0 Å². The van der Waals surface area contributed by atoms with Gasteiger partial charge in [-0.3, -0.25) is 4.79 Å². The predicted octanol–water partition coefficient (Wildman–Crippen LogP) is 2.76. The summed E-state index contributed by atoms with van der Waals surface area (Å²) in [6.07, 6.45) is 0.533. The lowest BCUT2D eigenvalue weighted by atomic mass is 10.1. The molecule has 70 valence electrons. The number of carbonyl (C=O) groups excluding carboxylic acids is 1. The van der Waals surface area contributed by atoms with Gasteiger partial charge in [0, 0.05) is 23.0 Å². The minimum absolute atomic E-state index is 0.155. The van der Waals surface area contributed by atoms with Crippen LogP contribution in [0.3, 0.4) is 0 Å². The van der Waals surface area contributed by atoms with E-state index in [1.54, 1.807) is 12.1 Å². The van der Waals surface area contributed by atoms with E-state index >= 15 is 0 Å². The normalized spacial score (nSPS) is 10.0. The van der Waals surface area contributed by atoms with Gasteiger partial charge in [0.2, 0.25) is 0 Å². The first-order valence-electron chi connectivity index (χ1n) is 4.16. The zero-order valence-electron chi connectivity index (χ0n) is 7.51. The van der Waals surface area contributed by atoms with Crippen LogP contribution in [0.5, 0.6) is 0 Å². The molecular weight excluding hydrogens is 230 g/mol. The Balaban J connectivity index is 3.06. The quantitative estimate of drug-likeness (QED) is 0.503. The van der Waals surface area contributed by atoms with Gasteiger partial charge in [-0.2, -0.15) is 0 Å². The maximum absolute atomic E-state index is 11.3. The number of benzene rings is 1. The maximum atomic E-state index is 11.3. The number of alkyl halides is 1. The van der Waals surface area contributed by atoms with Crippen LogP contribution in [0, 0.1) is 0 Å². The zero-order chi connectivity index (χ0) is 9.84. The van der Waals surface area contributed by atoms with Crippen LogP contribution in [0.2, 0.25) is 0 Å². The second-order valence-electron chi connectivity index (χ2n) is 2.82. The molecule has 2 nitrogen and oxygen atoms in total. The molecule has 0 aromatic heterocycles. The van der Waals surface area contributed by atoms with E-state index in [2.05, 4.69) is 15.9 Å². The highest BCUT2D eigenvalue weighted by atomic mass is 79.9. The van der Waals surface area contributed by atoms with Gasteiger partial charge in [-0.15, -0.1) is 0 Å². The fourth-order valence-corrected chi connectivity index (χ4v) is 1.58.